The van der Waals surface area contributed by atoms with Gasteiger partial charge in [0, 0.05) is 36.0 Å². The third-order valence-electron chi connectivity index (χ3n) is 4.41. The highest BCUT2D eigenvalue weighted by Crippen LogP contribution is 2.45. The number of rotatable bonds is 2. The van der Waals surface area contributed by atoms with Gasteiger partial charge in [-0.15, -0.1) is 11.8 Å². The maximum Gasteiger partial charge on any atom is 0.330 e. The van der Waals surface area contributed by atoms with E-state index in [9.17, 15) is 14.7 Å². The Hall–Kier alpha value is -3.13. The summed E-state index contributed by atoms with van der Waals surface area (Å²) >= 11 is 1.63. The number of nitrogens with one attached hydrogen (secondary N) is 1. The Kier molecular flexibility index (Phi) is 4.41. The topological polar surface area (TPSA) is 100 Å². The highest BCUT2D eigenvalue weighted by molar-refractivity contribution is 7.99. The number of aliphatic imine (C=N–C) groups is 1. The molecule has 0 fully saturated rings. The van der Waals surface area contributed by atoms with Gasteiger partial charge in [0.2, 0.25) is 5.88 Å². The second-order valence-corrected chi connectivity index (χ2v) is 7.38. The number of nitrogens with zero attached hydrogens (tertiary/aromatic N) is 3. The number of aromatic nitrogens is 3. The maximum atomic E-state index is 12.5. The number of H-pyrrole nitrogens is 1. The summed E-state index contributed by atoms with van der Waals surface area (Å²) in [4.78, 5) is 36.3. The molecule has 1 aliphatic heterocycles. The van der Waals surface area contributed by atoms with Gasteiger partial charge in [-0.25, -0.2) is 4.79 Å². The Morgan fingerprint density at radius 2 is 2.04 bits per heavy atom. The summed E-state index contributed by atoms with van der Waals surface area (Å²) in [5.41, 5.74) is 0.834. The SMILES string of the molecule is Cn1c(O)c(C2=Nc3ccccc3SC(c3cccnc3)C2)c(=O)[nH]c1=O. The number of aromatic hydroxyl groups is 1. The molecule has 2 N–H and O–H groups in total. The average Bonchev–Trinajstić information content (AvgIpc) is 2.86. The van der Waals surface area contributed by atoms with Crippen molar-refractivity contribution >= 4 is 23.2 Å². The molecule has 1 atom stereocenters. The molecule has 3 heterocycles. The molecule has 0 amide bonds. The molecule has 0 saturated heterocycles. The minimum absolute atomic E-state index is 0.0169. The molecule has 2 aromatic heterocycles. The lowest BCUT2D eigenvalue weighted by atomic mass is 10.0. The predicted molar refractivity (Wildman–Crippen MR) is 104 cm³/mol. The van der Waals surface area contributed by atoms with Crippen molar-refractivity contribution in [1.29, 1.82) is 0 Å². The van der Waals surface area contributed by atoms with Gasteiger partial charge in [0.25, 0.3) is 5.56 Å². The van der Waals surface area contributed by atoms with Crippen LogP contribution in [0.1, 0.15) is 22.8 Å². The van der Waals surface area contributed by atoms with Crippen LogP contribution in [0, 0.1) is 0 Å². The van der Waals surface area contributed by atoms with Gasteiger partial charge in [-0.05, 0) is 23.8 Å². The van der Waals surface area contributed by atoms with Crippen LogP contribution in [0.4, 0.5) is 5.69 Å². The van der Waals surface area contributed by atoms with E-state index in [-0.39, 0.29) is 10.8 Å². The maximum absolute atomic E-state index is 12.5. The number of hydrogen-bond acceptors (Lipinski definition) is 6. The third kappa shape index (κ3) is 3.19. The van der Waals surface area contributed by atoms with Crippen LogP contribution in [0.15, 0.2) is 68.3 Å². The van der Waals surface area contributed by atoms with E-state index in [0.29, 0.717) is 12.1 Å². The number of thioether (sulfide) groups is 1. The quantitative estimate of drug-likeness (QED) is 0.712. The van der Waals surface area contributed by atoms with Crippen LogP contribution in [0.25, 0.3) is 0 Å². The molecule has 1 aromatic carbocycles. The van der Waals surface area contributed by atoms with Crippen molar-refractivity contribution in [2.24, 2.45) is 12.0 Å². The lowest BCUT2D eigenvalue weighted by Gasteiger charge is -2.16. The number of fused-ring (bicyclic) bond motifs is 1. The van der Waals surface area contributed by atoms with Gasteiger partial charge in [0.1, 0.15) is 5.56 Å². The summed E-state index contributed by atoms with van der Waals surface area (Å²) < 4.78 is 1.00. The summed E-state index contributed by atoms with van der Waals surface area (Å²) in [6, 6.07) is 11.5. The van der Waals surface area contributed by atoms with Gasteiger partial charge in [-0.1, -0.05) is 18.2 Å². The molecule has 1 aliphatic rings. The molecule has 0 radical (unpaired) electrons. The van der Waals surface area contributed by atoms with E-state index in [1.165, 1.54) is 7.05 Å². The minimum Gasteiger partial charge on any atom is -0.494 e. The van der Waals surface area contributed by atoms with Crippen LogP contribution >= 0.6 is 11.8 Å². The number of hydrogen-bond donors (Lipinski definition) is 2. The molecule has 8 heteroatoms. The highest BCUT2D eigenvalue weighted by atomic mass is 32.2. The van der Waals surface area contributed by atoms with E-state index in [4.69, 9.17) is 0 Å². The van der Waals surface area contributed by atoms with Crippen molar-refractivity contribution in [2.45, 2.75) is 16.6 Å². The van der Waals surface area contributed by atoms with Crippen molar-refractivity contribution in [1.82, 2.24) is 14.5 Å². The first kappa shape index (κ1) is 17.3. The molecule has 0 saturated carbocycles. The zero-order valence-electron chi connectivity index (χ0n) is 14.4. The van der Waals surface area contributed by atoms with Gasteiger partial charge in [0.05, 0.1) is 11.4 Å². The molecule has 7 nitrogen and oxygen atoms in total. The van der Waals surface area contributed by atoms with Crippen molar-refractivity contribution in [3.63, 3.8) is 0 Å². The Balaban J connectivity index is 1.92. The lowest BCUT2D eigenvalue weighted by molar-refractivity contribution is 0.416. The fourth-order valence-corrected chi connectivity index (χ4v) is 4.20. The van der Waals surface area contributed by atoms with Gasteiger partial charge in [0.15, 0.2) is 0 Å². The normalized spacial score (nSPS) is 16.3. The Labute approximate surface area is 158 Å². The molecule has 4 rings (SSSR count). The zero-order valence-corrected chi connectivity index (χ0v) is 15.2. The van der Waals surface area contributed by atoms with E-state index in [1.54, 1.807) is 24.2 Å². The fourth-order valence-electron chi connectivity index (χ4n) is 2.99. The molecule has 136 valence electrons. The van der Waals surface area contributed by atoms with Crippen molar-refractivity contribution in [3.8, 4) is 5.88 Å². The predicted octanol–water partition coefficient (Wildman–Crippen LogP) is 2.53. The Morgan fingerprint density at radius 3 is 2.81 bits per heavy atom. The molecule has 0 bridgehead atoms. The summed E-state index contributed by atoms with van der Waals surface area (Å²) in [6.07, 6.45) is 3.89. The first-order chi connectivity index (χ1) is 13.0. The van der Waals surface area contributed by atoms with E-state index >= 15 is 0 Å². The average molecular weight is 380 g/mol. The van der Waals surface area contributed by atoms with Crippen LogP contribution in [-0.4, -0.2) is 25.4 Å². The van der Waals surface area contributed by atoms with Crippen LogP contribution in [-0.2, 0) is 7.05 Å². The van der Waals surface area contributed by atoms with Crippen LogP contribution in [0.5, 0.6) is 5.88 Å². The van der Waals surface area contributed by atoms with Gasteiger partial charge < -0.3 is 5.11 Å². The summed E-state index contributed by atoms with van der Waals surface area (Å²) in [5.74, 6) is -0.392. The van der Waals surface area contributed by atoms with Crippen LogP contribution < -0.4 is 11.2 Å². The number of para-hydroxylation sites is 1. The molecule has 1 unspecified atom stereocenters. The first-order valence-electron chi connectivity index (χ1n) is 8.30. The summed E-state index contributed by atoms with van der Waals surface area (Å²) in [7, 11) is 1.40. The highest BCUT2D eigenvalue weighted by Gasteiger charge is 2.26. The van der Waals surface area contributed by atoms with Gasteiger partial charge in [-0.3, -0.25) is 24.3 Å². The Bertz CT molecular complexity index is 1150. The Morgan fingerprint density at radius 1 is 1.22 bits per heavy atom. The minimum atomic E-state index is -0.672. The first-order valence-corrected chi connectivity index (χ1v) is 9.18. The molecule has 3 aromatic rings. The van der Waals surface area contributed by atoms with Crippen molar-refractivity contribution in [3.05, 3.63) is 80.8 Å². The lowest BCUT2D eigenvalue weighted by Crippen LogP contribution is -2.32. The van der Waals surface area contributed by atoms with E-state index in [2.05, 4.69) is 15.0 Å². The fraction of sp³-hybridized carbons (Fsp3) is 0.158. The van der Waals surface area contributed by atoms with E-state index in [1.807, 2.05) is 36.4 Å². The number of benzene rings is 1. The molecule has 27 heavy (non-hydrogen) atoms. The summed E-state index contributed by atoms with van der Waals surface area (Å²) in [6.45, 7) is 0. The molecule has 0 spiro atoms. The molecular formula is C19H16N4O3S. The second kappa shape index (κ2) is 6.88. The van der Waals surface area contributed by atoms with Gasteiger partial charge in [-0.2, -0.15) is 0 Å². The van der Waals surface area contributed by atoms with Gasteiger partial charge >= 0.3 is 5.69 Å². The number of pyridine rings is 1. The largest absolute Gasteiger partial charge is 0.494 e. The molecular weight excluding hydrogens is 364 g/mol. The second-order valence-electron chi connectivity index (χ2n) is 6.14. The van der Waals surface area contributed by atoms with E-state index < -0.39 is 17.1 Å². The van der Waals surface area contributed by atoms with E-state index in [0.717, 1.165) is 20.7 Å². The zero-order chi connectivity index (χ0) is 19.0. The van der Waals surface area contributed by atoms with Crippen LogP contribution in [0.3, 0.4) is 0 Å². The molecule has 0 aliphatic carbocycles. The monoisotopic (exact) mass is 380 g/mol. The third-order valence-corrected chi connectivity index (χ3v) is 5.73. The summed E-state index contributed by atoms with van der Waals surface area (Å²) in [5, 5.41) is 10.4. The van der Waals surface area contributed by atoms with Crippen molar-refractivity contribution in [2.75, 3.05) is 0 Å². The number of aromatic amines is 1. The van der Waals surface area contributed by atoms with Crippen LogP contribution in [0.2, 0.25) is 0 Å². The smallest absolute Gasteiger partial charge is 0.330 e. The standard InChI is InChI=1S/C19H16N4O3S/c1-23-18(25)16(17(24)22-19(23)26)13-9-15(11-5-4-8-20-10-11)27-14-7-3-2-6-12(14)21-13/h2-8,10,15,25H,9H2,1H3,(H,22,24,26). The van der Waals surface area contributed by atoms with Crippen molar-refractivity contribution < 1.29 is 5.11 Å².